The molecule has 2 aromatic rings. The molecule has 23 heavy (non-hydrogen) atoms. The second-order valence-electron chi connectivity index (χ2n) is 6.84. The number of nitrogens with one attached hydrogen (secondary N) is 2. The van der Waals surface area contributed by atoms with Gasteiger partial charge in [-0.25, -0.2) is 0 Å². The summed E-state index contributed by atoms with van der Waals surface area (Å²) < 4.78 is 1.91. The lowest BCUT2D eigenvalue weighted by Gasteiger charge is -2.24. The summed E-state index contributed by atoms with van der Waals surface area (Å²) in [4.78, 5) is 12.6. The maximum atomic E-state index is 12.6. The largest absolute Gasteiger partial charge is 0.304 e. The molecule has 6 nitrogen and oxygen atoms in total. The first-order valence-corrected chi connectivity index (χ1v) is 8.61. The smallest absolute Gasteiger partial charge is 0.275 e. The molecule has 2 N–H and O–H groups in total. The van der Waals surface area contributed by atoms with Crippen LogP contribution in [0, 0.1) is 0 Å². The minimum Gasteiger partial charge on any atom is -0.304 e. The Hall–Kier alpha value is -2.11. The summed E-state index contributed by atoms with van der Waals surface area (Å²) in [5.41, 5.74) is 2.85. The van der Waals surface area contributed by atoms with Crippen LogP contribution in [0.1, 0.15) is 78.5 Å². The number of hydrogen-bond acceptors (Lipinski definition) is 3. The highest BCUT2D eigenvalue weighted by atomic mass is 16.2. The van der Waals surface area contributed by atoms with Gasteiger partial charge in [0.25, 0.3) is 5.91 Å². The molecule has 122 valence electrons. The number of amides is 1. The first kappa shape index (κ1) is 14.5. The Kier molecular flexibility index (Phi) is 3.67. The van der Waals surface area contributed by atoms with Crippen LogP contribution in [0.5, 0.6) is 0 Å². The molecular weight excluding hydrogens is 290 g/mol. The minimum atomic E-state index is -0.138. The number of carbonyl (C=O) groups is 1. The Morgan fingerprint density at radius 1 is 1.22 bits per heavy atom. The first-order chi connectivity index (χ1) is 11.2. The highest BCUT2D eigenvalue weighted by Crippen LogP contribution is 2.38. The average molecular weight is 313 g/mol. The third-order valence-electron chi connectivity index (χ3n) is 5.37. The number of aromatic nitrogens is 4. The van der Waals surface area contributed by atoms with Crippen LogP contribution in [0.2, 0.25) is 0 Å². The van der Waals surface area contributed by atoms with Gasteiger partial charge in [-0.2, -0.15) is 10.2 Å². The molecule has 0 radical (unpaired) electrons. The molecule has 2 saturated carbocycles. The lowest BCUT2D eigenvalue weighted by atomic mass is 9.80. The molecule has 2 aliphatic rings. The van der Waals surface area contributed by atoms with E-state index in [0.717, 1.165) is 18.4 Å². The van der Waals surface area contributed by atoms with Gasteiger partial charge >= 0.3 is 0 Å². The van der Waals surface area contributed by atoms with Gasteiger partial charge in [-0.3, -0.25) is 14.6 Å². The highest BCUT2D eigenvalue weighted by Gasteiger charge is 2.27. The summed E-state index contributed by atoms with van der Waals surface area (Å²) in [5.74, 6) is 1.55. The van der Waals surface area contributed by atoms with E-state index in [-0.39, 0.29) is 5.91 Å². The maximum absolute atomic E-state index is 12.6. The Labute approximate surface area is 135 Å². The summed E-state index contributed by atoms with van der Waals surface area (Å²) in [6.45, 7) is 0. The van der Waals surface area contributed by atoms with Crippen LogP contribution in [0.4, 0.5) is 5.82 Å². The summed E-state index contributed by atoms with van der Waals surface area (Å²) >= 11 is 0. The van der Waals surface area contributed by atoms with Crippen LogP contribution >= 0.6 is 0 Å². The molecule has 6 heteroatoms. The first-order valence-electron chi connectivity index (χ1n) is 8.61. The van der Waals surface area contributed by atoms with Crippen LogP contribution in [-0.2, 0) is 7.05 Å². The monoisotopic (exact) mass is 313 g/mol. The van der Waals surface area contributed by atoms with Crippen LogP contribution < -0.4 is 5.32 Å². The van der Waals surface area contributed by atoms with Crippen LogP contribution in [-0.4, -0.2) is 25.9 Å². The van der Waals surface area contributed by atoms with Crippen molar-refractivity contribution < 1.29 is 4.79 Å². The molecular formula is C17H23N5O. The molecule has 2 aromatic heterocycles. The molecule has 0 saturated heterocycles. The van der Waals surface area contributed by atoms with Crippen molar-refractivity contribution in [2.75, 3.05) is 5.32 Å². The number of carbonyl (C=O) groups excluding carboxylic acids is 1. The predicted octanol–water partition coefficient (Wildman–Crippen LogP) is 3.32. The second-order valence-corrected chi connectivity index (χ2v) is 6.84. The highest BCUT2D eigenvalue weighted by molar-refractivity contribution is 6.03. The van der Waals surface area contributed by atoms with E-state index in [1.807, 2.05) is 17.8 Å². The van der Waals surface area contributed by atoms with E-state index in [1.54, 1.807) is 6.20 Å². The average Bonchev–Trinajstić information content (AvgIpc) is 3.17. The molecule has 0 spiro atoms. The van der Waals surface area contributed by atoms with Crippen molar-refractivity contribution in [1.82, 2.24) is 20.0 Å². The lowest BCUT2D eigenvalue weighted by molar-refractivity contribution is 0.102. The van der Waals surface area contributed by atoms with E-state index in [9.17, 15) is 4.79 Å². The van der Waals surface area contributed by atoms with Gasteiger partial charge in [-0.05, 0) is 31.6 Å². The normalized spacial score (nSPS) is 19.0. The van der Waals surface area contributed by atoms with E-state index in [2.05, 4.69) is 20.6 Å². The molecule has 2 heterocycles. The summed E-state index contributed by atoms with van der Waals surface area (Å²) in [5, 5.41) is 14.3. The van der Waals surface area contributed by atoms with E-state index < -0.39 is 0 Å². The van der Waals surface area contributed by atoms with E-state index in [1.165, 1.54) is 37.8 Å². The Balaban J connectivity index is 1.50. The molecule has 0 aromatic carbocycles. The van der Waals surface area contributed by atoms with Crippen LogP contribution in [0.15, 0.2) is 12.3 Å². The van der Waals surface area contributed by atoms with Crippen molar-refractivity contribution in [2.45, 2.75) is 56.8 Å². The summed E-state index contributed by atoms with van der Waals surface area (Å²) in [6, 6.07) is 2.02. The van der Waals surface area contributed by atoms with Crippen molar-refractivity contribution >= 4 is 11.7 Å². The molecule has 0 bridgehead atoms. The van der Waals surface area contributed by atoms with Gasteiger partial charge < -0.3 is 5.32 Å². The molecule has 1 amide bonds. The lowest BCUT2D eigenvalue weighted by Crippen LogP contribution is -2.18. The predicted molar refractivity (Wildman–Crippen MR) is 87.5 cm³/mol. The standard InChI is InChI=1S/C17H23N5O/c1-22-14(12-5-2-3-6-12)9-15(21-22)19-17(23)16-13(10-18-20-16)11-7-4-8-11/h9-12H,2-8H2,1H3,(H,18,20)(H,19,21,23). The Morgan fingerprint density at radius 3 is 2.65 bits per heavy atom. The van der Waals surface area contributed by atoms with E-state index >= 15 is 0 Å². The van der Waals surface area contributed by atoms with Crippen molar-refractivity contribution in [3.63, 3.8) is 0 Å². The van der Waals surface area contributed by atoms with Crippen molar-refractivity contribution in [3.8, 4) is 0 Å². The van der Waals surface area contributed by atoms with Gasteiger partial charge in [0.2, 0.25) is 0 Å². The molecule has 2 fully saturated rings. The van der Waals surface area contributed by atoms with Gasteiger partial charge in [0, 0.05) is 30.3 Å². The minimum absolute atomic E-state index is 0.138. The number of nitrogens with zero attached hydrogens (tertiary/aromatic N) is 3. The molecule has 0 aliphatic heterocycles. The number of H-pyrrole nitrogens is 1. The molecule has 0 atom stereocenters. The van der Waals surface area contributed by atoms with Gasteiger partial charge in [0.05, 0.1) is 6.20 Å². The van der Waals surface area contributed by atoms with Crippen molar-refractivity contribution in [1.29, 1.82) is 0 Å². The van der Waals surface area contributed by atoms with E-state index in [0.29, 0.717) is 23.3 Å². The van der Waals surface area contributed by atoms with E-state index in [4.69, 9.17) is 0 Å². The van der Waals surface area contributed by atoms with Crippen molar-refractivity contribution in [2.24, 2.45) is 7.05 Å². The van der Waals surface area contributed by atoms with Gasteiger partial charge in [0.1, 0.15) is 5.69 Å². The zero-order chi connectivity index (χ0) is 15.8. The third-order valence-corrected chi connectivity index (χ3v) is 5.37. The zero-order valence-corrected chi connectivity index (χ0v) is 13.5. The van der Waals surface area contributed by atoms with Crippen molar-refractivity contribution in [3.05, 3.63) is 29.2 Å². The molecule has 0 unspecified atom stereocenters. The van der Waals surface area contributed by atoms with Gasteiger partial charge in [0.15, 0.2) is 5.82 Å². The number of anilines is 1. The summed E-state index contributed by atoms with van der Waals surface area (Å²) in [6.07, 6.45) is 10.3. The topological polar surface area (TPSA) is 75.6 Å². The zero-order valence-electron chi connectivity index (χ0n) is 13.5. The Bertz CT molecular complexity index is 706. The number of aromatic amines is 1. The third kappa shape index (κ3) is 2.66. The fourth-order valence-corrected chi connectivity index (χ4v) is 3.83. The molecule has 2 aliphatic carbocycles. The summed E-state index contributed by atoms with van der Waals surface area (Å²) in [7, 11) is 1.96. The molecule has 4 rings (SSSR count). The second kappa shape index (κ2) is 5.83. The number of rotatable bonds is 4. The SMILES string of the molecule is Cn1nc(NC(=O)c2[nH]ncc2C2CCC2)cc1C1CCCC1. The number of aryl methyl sites for hydroxylation is 1. The fourth-order valence-electron chi connectivity index (χ4n) is 3.83. The number of hydrogen-bond donors (Lipinski definition) is 2. The van der Waals surface area contributed by atoms with Gasteiger partial charge in [-0.1, -0.05) is 19.3 Å². The quantitative estimate of drug-likeness (QED) is 0.909. The maximum Gasteiger partial charge on any atom is 0.275 e. The Morgan fingerprint density at radius 2 is 1.96 bits per heavy atom. The fraction of sp³-hybridized carbons (Fsp3) is 0.588. The van der Waals surface area contributed by atoms with Crippen LogP contribution in [0.3, 0.4) is 0 Å². The van der Waals surface area contributed by atoms with Crippen LogP contribution in [0.25, 0.3) is 0 Å². The van der Waals surface area contributed by atoms with Gasteiger partial charge in [-0.15, -0.1) is 0 Å².